The number of alkyl halides is 3. The topological polar surface area (TPSA) is 32.8 Å². The maximum absolute atomic E-state index is 12.7. The fraction of sp³-hybridized carbons (Fsp3) is 0.667. The fourth-order valence-electron chi connectivity index (χ4n) is 4.26. The molecule has 1 aromatic rings. The van der Waals surface area contributed by atoms with Crippen molar-refractivity contribution in [1.29, 1.82) is 0 Å². The summed E-state index contributed by atoms with van der Waals surface area (Å²) in [5.74, 6) is 0.216. The van der Waals surface area contributed by atoms with E-state index in [9.17, 15) is 18.0 Å². The summed E-state index contributed by atoms with van der Waals surface area (Å²) in [6.07, 6.45) is -0.165. The quantitative estimate of drug-likeness (QED) is 0.749. The maximum atomic E-state index is 12.7. The smallest absolute Gasteiger partial charge is 0.381 e. The van der Waals surface area contributed by atoms with Crippen LogP contribution in [0.2, 0.25) is 0 Å². The summed E-state index contributed by atoms with van der Waals surface area (Å²) < 4.78 is 43.5. The highest BCUT2D eigenvalue weighted by molar-refractivity contribution is 5.76. The lowest BCUT2D eigenvalue weighted by molar-refractivity contribution is -0.140. The molecule has 0 atom stereocenters. The largest absolute Gasteiger partial charge is 0.416 e. The van der Waals surface area contributed by atoms with Crippen molar-refractivity contribution in [2.24, 2.45) is 0 Å². The highest BCUT2D eigenvalue weighted by atomic mass is 19.4. The Hall–Kier alpha value is -1.60. The molecule has 3 rings (SSSR count). The van der Waals surface area contributed by atoms with E-state index in [0.717, 1.165) is 56.5 Å². The Morgan fingerprint density at radius 3 is 2.18 bits per heavy atom. The number of nitrogens with zero attached hydrogens (tertiary/aromatic N) is 2. The van der Waals surface area contributed by atoms with E-state index in [1.54, 1.807) is 12.1 Å². The van der Waals surface area contributed by atoms with E-state index in [1.807, 2.05) is 6.92 Å². The van der Waals surface area contributed by atoms with Gasteiger partial charge in [-0.2, -0.15) is 13.2 Å². The van der Waals surface area contributed by atoms with Crippen LogP contribution < -0.4 is 0 Å². The maximum Gasteiger partial charge on any atom is 0.416 e. The first-order valence-electron chi connectivity index (χ1n) is 10.2. The summed E-state index contributed by atoms with van der Waals surface area (Å²) in [5.41, 5.74) is 0.275. The molecule has 0 aliphatic carbocycles. The zero-order valence-electron chi connectivity index (χ0n) is 16.4. The van der Waals surface area contributed by atoms with Gasteiger partial charge in [-0.25, -0.2) is 0 Å². The Morgan fingerprint density at radius 2 is 1.64 bits per heavy atom. The third kappa shape index (κ3) is 5.26. The number of likely N-dealkylation sites (tertiary alicyclic amines) is 1. The van der Waals surface area contributed by atoms with E-state index in [2.05, 4.69) is 9.80 Å². The summed E-state index contributed by atoms with van der Waals surface area (Å²) in [5, 5.41) is 0. The summed E-state index contributed by atoms with van der Waals surface area (Å²) in [7, 11) is 0. The van der Waals surface area contributed by atoms with Gasteiger partial charge in [-0.1, -0.05) is 19.1 Å². The van der Waals surface area contributed by atoms with E-state index in [0.29, 0.717) is 26.2 Å². The van der Waals surface area contributed by atoms with E-state index < -0.39 is 11.7 Å². The van der Waals surface area contributed by atoms with Gasteiger partial charge in [0.15, 0.2) is 0 Å². The minimum absolute atomic E-state index is 0.216. The summed E-state index contributed by atoms with van der Waals surface area (Å²) in [4.78, 5) is 16.9. The van der Waals surface area contributed by atoms with Crippen molar-refractivity contribution in [3.8, 4) is 0 Å². The Bertz CT molecular complexity index is 634. The van der Waals surface area contributed by atoms with Crippen LogP contribution in [0.15, 0.2) is 24.3 Å². The zero-order chi connectivity index (χ0) is 20.1. The third-order valence-corrected chi connectivity index (χ3v) is 5.81. The lowest BCUT2D eigenvalue weighted by atomic mass is 9.97. The van der Waals surface area contributed by atoms with Crippen molar-refractivity contribution >= 4 is 5.91 Å². The molecule has 4 nitrogen and oxygen atoms in total. The molecule has 2 fully saturated rings. The highest BCUT2D eigenvalue weighted by Gasteiger charge is 2.33. The monoisotopic (exact) mass is 398 g/mol. The molecule has 0 spiro atoms. The molecule has 1 aromatic carbocycles. The molecule has 2 aliphatic heterocycles. The molecule has 0 aromatic heterocycles. The van der Waals surface area contributed by atoms with E-state index in [4.69, 9.17) is 4.74 Å². The molecular weight excluding hydrogens is 369 g/mol. The molecule has 2 saturated heterocycles. The van der Waals surface area contributed by atoms with Crippen LogP contribution in [0.1, 0.15) is 50.2 Å². The van der Waals surface area contributed by atoms with Gasteiger partial charge in [-0.15, -0.1) is 0 Å². The Kier molecular flexibility index (Phi) is 6.99. The van der Waals surface area contributed by atoms with Crippen LogP contribution in [0.3, 0.4) is 0 Å². The molecule has 0 saturated carbocycles. The predicted octanol–water partition coefficient (Wildman–Crippen LogP) is 4.09. The van der Waals surface area contributed by atoms with Gasteiger partial charge < -0.3 is 9.64 Å². The van der Waals surface area contributed by atoms with Crippen molar-refractivity contribution in [1.82, 2.24) is 9.80 Å². The second-order valence-corrected chi connectivity index (χ2v) is 7.70. The number of piperidine rings is 1. The number of carbonyl (C=O) groups excluding carboxylic acids is 1. The van der Waals surface area contributed by atoms with Gasteiger partial charge >= 0.3 is 6.18 Å². The summed E-state index contributed by atoms with van der Waals surface area (Å²) >= 11 is 0. The molecule has 28 heavy (non-hydrogen) atoms. The number of hydrogen-bond acceptors (Lipinski definition) is 3. The summed E-state index contributed by atoms with van der Waals surface area (Å²) in [6, 6.07) is 5.93. The van der Waals surface area contributed by atoms with Gasteiger partial charge in [-0.3, -0.25) is 9.69 Å². The minimum atomic E-state index is -4.30. The van der Waals surface area contributed by atoms with Crippen molar-refractivity contribution in [3.05, 3.63) is 35.4 Å². The first-order chi connectivity index (χ1) is 13.4. The standard InChI is InChI=1S/C21H29F3N2O2/c1-2-20(27)26(19-9-13-28-14-10-19)18-7-11-25(12-8-18)15-16-3-5-17(6-4-16)21(22,23)24/h3-6,18-19H,2,7-15H2,1H3. The first kappa shape index (κ1) is 21.1. The second-order valence-electron chi connectivity index (χ2n) is 7.70. The molecule has 0 N–H and O–H groups in total. The second kappa shape index (κ2) is 9.27. The predicted molar refractivity (Wildman–Crippen MR) is 101 cm³/mol. The van der Waals surface area contributed by atoms with Gasteiger partial charge in [0.2, 0.25) is 5.91 Å². The van der Waals surface area contributed by atoms with E-state index in [1.165, 1.54) is 0 Å². The van der Waals surface area contributed by atoms with Gasteiger partial charge in [0.05, 0.1) is 5.56 Å². The van der Waals surface area contributed by atoms with Crippen molar-refractivity contribution in [2.75, 3.05) is 26.3 Å². The number of benzene rings is 1. The third-order valence-electron chi connectivity index (χ3n) is 5.81. The number of amides is 1. The molecule has 0 radical (unpaired) electrons. The van der Waals surface area contributed by atoms with Gasteiger partial charge in [-0.05, 0) is 43.4 Å². The van der Waals surface area contributed by atoms with E-state index >= 15 is 0 Å². The highest BCUT2D eigenvalue weighted by Crippen LogP contribution is 2.30. The van der Waals surface area contributed by atoms with Crippen molar-refractivity contribution in [3.63, 3.8) is 0 Å². The number of rotatable bonds is 5. The Labute approximate surface area is 164 Å². The molecule has 7 heteroatoms. The van der Waals surface area contributed by atoms with Crippen LogP contribution in [0.25, 0.3) is 0 Å². The molecule has 0 unspecified atom stereocenters. The minimum Gasteiger partial charge on any atom is -0.381 e. The van der Waals surface area contributed by atoms with Crippen LogP contribution in [0.4, 0.5) is 13.2 Å². The normalized spacial score (nSPS) is 20.3. The molecular formula is C21H29F3N2O2. The number of carbonyl (C=O) groups is 1. The lowest BCUT2D eigenvalue weighted by Crippen LogP contribution is -2.52. The summed E-state index contributed by atoms with van der Waals surface area (Å²) in [6.45, 7) is 5.68. The molecule has 2 aliphatic rings. The number of hydrogen-bond donors (Lipinski definition) is 0. The van der Waals surface area contributed by atoms with Crippen LogP contribution >= 0.6 is 0 Å². The zero-order valence-corrected chi connectivity index (χ0v) is 16.4. The SMILES string of the molecule is CCC(=O)N(C1CCOCC1)C1CCN(Cc2ccc(C(F)(F)F)cc2)CC1. The van der Waals surface area contributed by atoms with Crippen molar-refractivity contribution in [2.45, 2.75) is 63.8 Å². The number of halogens is 3. The lowest BCUT2D eigenvalue weighted by Gasteiger charge is -2.43. The van der Waals surface area contributed by atoms with Crippen LogP contribution in [-0.2, 0) is 22.3 Å². The average Bonchev–Trinajstić information content (AvgIpc) is 2.70. The molecule has 1 amide bonds. The number of ether oxygens (including phenoxy) is 1. The Morgan fingerprint density at radius 1 is 1.07 bits per heavy atom. The Balaban J connectivity index is 1.56. The molecule has 0 bridgehead atoms. The average molecular weight is 398 g/mol. The van der Waals surface area contributed by atoms with Crippen LogP contribution in [-0.4, -0.2) is 54.1 Å². The van der Waals surface area contributed by atoms with Gasteiger partial charge in [0, 0.05) is 51.4 Å². The first-order valence-corrected chi connectivity index (χ1v) is 10.2. The molecule has 2 heterocycles. The fourth-order valence-corrected chi connectivity index (χ4v) is 4.26. The van der Waals surface area contributed by atoms with Gasteiger partial charge in [0.1, 0.15) is 0 Å². The van der Waals surface area contributed by atoms with E-state index in [-0.39, 0.29) is 18.0 Å². The van der Waals surface area contributed by atoms with Gasteiger partial charge in [0.25, 0.3) is 0 Å². The van der Waals surface area contributed by atoms with Crippen LogP contribution in [0.5, 0.6) is 0 Å². The molecule has 156 valence electrons. The van der Waals surface area contributed by atoms with Crippen LogP contribution in [0, 0.1) is 0 Å². The van der Waals surface area contributed by atoms with Crippen molar-refractivity contribution < 1.29 is 22.7 Å².